The van der Waals surface area contributed by atoms with Crippen molar-refractivity contribution in [3.63, 3.8) is 0 Å². The summed E-state index contributed by atoms with van der Waals surface area (Å²) in [6.07, 6.45) is 0.663. The maximum Gasteiger partial charge on any atom is 0.171 e. The Labute approximate surface area is 78.8 Å². The van der Waals surface area contributed by atoms with E-state index in [9.17, 15) is 5.11 Å². The summed E-state index contributed by atoms with van der Waals surface area (Å²) >= 11 is 5.08. The van der Waals surface area contributed by atoms with E-state index in [-0.39, 0.29) is 5.54 Å². The van der Waals surface area contributed by atoms with Crippen molar-refractivity contribution in [3.8, 4) is 0 Å². The molecule has 1 heterocycles. The fourth-order valence-corrected chi connectivity index (χ4v) is 2.07. The Hall–Kier alpha value is -0.350. The standard InChI is InChI=1S/C8H16N2OS/c1-7(2)5-8(3,11)10(4)6(12)9-7/h11H,5H2,1-4H3,(H,9,12)/t8-/m1/s1. The van der Waals surface area contributed by atoms with Crippen LogP contribution in [-0.2, 0) is 0 Å². The van der Waals surface area contributed by atoms with E-state index >= 15 is 0 Å². The minimum Gasteiger partial charge on any atom is -0.371 e. The summed E-state index contributed by atoms with van der Waals surface area (Å²) in [5, 5.41) is 13.7. The van der Waals surface area contributed by atoms with Gasteiger partial charge in [0, 0.05) is 19.0 Å². The van der Waals surface area contributed by atoms with Crippen LogP contribution in [0.2, 0.25) is 0 Å². The molecule has 0 spiro atoms. The number of thiocarbonyl (C=S) groups is 1. The average molecular weight is 188 g/mol. The van der Waals surface area contributed by atoms with E-state index in [1.807, 2.05) is 13.8 Å². The molecule has 3 nitrogen and oxygen atoms in total. The molecule has 0 radical (unpaired) electrons. The Morgan fingerprint density at radius 1 is 1.50 bits per heavy atom. The minimum atomic E-state index is -0.828. The number of nitrogens with one attached hydrogen (secondary N) is 1. The molecule has 0 aromatic carbocycles. The van der Waals surface area contributed by atoms with Gasteiger partial charge in [-0.3, -0.25) is 0 Å². The molecular weight excluding hydrogens is 172 g/mol. The van der Waals surface area contributed by atoms with E-state index in [1.54, 1.807) is 18.9 Å². The van der Waals surface area contributed by atoms with E-state index in [0.29, 0.717) is 11.5 Å². The fourth-order valence-electron chi connectivity index (χ4n) is 1.59. The number of rotatable bonds is 0. The third-order valence-electron chi connectivity index (χ3n) is 2.25. The molecule has 4 heteroatoms. The zero-order chi connectivity index (χ0) is 9.57. The van der Waals surface area contributed by atoms with Crippen LogP contribution in [0.4, 0.5) is 0 Å². The third-order valence-corrected chi connectivity index (χ3v) is 2.63. The van der Waals surface area contributed by atoms with Crippen molar-refractivity contribution in [3.05, 3.63) is 0 Å². The number of hydrogen-bond donors (Lipinski definition) is 2. The van der Waals surface area contributed by atoms with E-state index in [4.69, 9.17) is 12.2 Å². The van der Waals surface area contributed by atoms with Gasteiger partial charge in [-0.2, -0.15) is 0 Å². The lowest BCUT2D eigenvalue weighted by Crippen LogP contribution is -2.65. The Morgan fingerprint density at radius 3 is 2.42 bits per heavy atom. The molecule has 0 amide bonds. The van der Waals surface area contributed by atoms with Gasteiger partial charge < -0.3 is 15.3 Å². The van der Waals surface area contributed by atoms with Gasteiger partial charge in [0.25, 0.3) is 0 Å². The number of aliphatic hydroxyl groups is 1. The lowest BCUT2D eigenvalue weighted by molar-refractivity contribution is -0.0768. The zero-order valence-corrected chi connectivity index (χ0v) is 8.83. The molecule has 1 saturated heterocycles. The molecule has 1 atom stereocenters. The first kappa shape index (κ1) is 9.74. The molecule has 0 aromatic heterocycles. The van der Waals surface area contributed by atoms with E-state index < -0.39 is 5.72 Å². The zero-order valence-electron chi connectivity index (χ0n) is 8.01. The molecule has 0 unspecified atom stereocenters. The molecule has 1 aliphatic heterocycles. The molecule has 12 heavy (non-hydrogen) atoms. The van der Waals surface area contributed by atoms with Gasteiger partial charge in [0.15, 0.2) is 5.11 Å². The van der Waals surface area contributed by atoms with Gasteiger partial charge in [0.1, 0.15) is 5.72 Å². The summed E-state index contributed by atoms with van der Waals surface area (Å²) < 4.78 is 0. The summed E-state index contributed by atoms with van der Waals surface area (Å²) in [4.78, 5) is 1.69. The smallest absolute Gasteiger partial charge is 0.171 e. The van der Waals surface area contributed by atoms with Crippen LogP contribution in [-0.4, -0.2) is 33.4 Å². The molecule has 1 aliphatic rings. The van der Waals surface area contributed by atoms with Crippen LogP contribution in [0.1, 0.15) is 27.2 Å². The van der Waals surface area contributed by atoms with Gasteiger partial charge in [-0.15, -0.1) is 0 Å². The van der Waals surface area contributed by atoms with E-state index in [0.717, 1.165) is 0 Å². The van der Waals surface area contributed by atoms with Crippen molar-refractivity contribution in [2.45, 2.75) is 38.5 Å². The summed E-state index contributed by atoms with van der Waals surface area (Å²) in [7, 11) is 1.80. The lowest BCUT2D eigenvalue weighted by atomic mass is 9.91. The quantitative estimate of drug-likeness (QED) is 0.548. The second-order valence-corrected chi connectivity index (χ2v) is 4.65. The number of nitrogens with zero attached hydrogens (tertiary/aromatic N) is 1. The summed E-state index contributed by atoms with van der Waals surface area (Å²) in [6.45, 7) is 5.84. The maximum atomic E-state index is 9.95. The first-order chi connectivity index (χ1) is 5.25. The van der Waals surface area contributed by atoms with Crippen molar-refractivity contribution in [2.24, 2.45) is 0 Å². The summed E-state index contributed by atoms with van der Waals surface area (Å²) in [5.74, 6) is 0. The van der Waals surface area contributed by atoms with Crippen LogP contribution in [0, 0.1) is 0 Å². The topological polar surface area (TPSA) is 35.5 Å². The summed E-state index contributed by atoms with van der Waals surface area (Å²) in [5.41, 5.74) is -0.946. The highest BCUT2D eigenvalue weighted by Crippen LogP contribution is 2.27. The normalized spacial score (nSPS) is 34.8. The van der Waals surface area contributed by atoms with Gasteiger partial charge in [0.05, 0.1) is 0 Å². The molecular formula is C8H16N2OS. The predicted molar refractivity (Wildman–Crippen MR) is 52.8 cm³/mol. The van der Waals surface area contributed by atoms with Crippen LogP contribution < -0.4 is 5.32 Å². The molecule has 0 aliphatic carbocycles. The fraction of sp³-hybridized carbons (Fsp3) is 0.875. The van der Waals surface area contributed by atoms with Crippen LogP contribution in [0.3, 0.4) is 0 Å². The monoisotopic (exact) mass is 188 g/mol. The van der Waals surface area contributed by atoms with Crippen LogP contribution in [0.5, 0.6) is 0 Å². The van der Waals surface area contributed by atoms with Crippen molar-refractivity contribution in [1.82, 2.24) is 10.2 Å². The van der Waals surface area contributed by atoms with Crippen molar-refractivity contribution < 1.29 is 5.11 Å². The van der Waals surface area contributed by atoms with Gasteiger partial charge in [0.2, 0.25) is 0 Å². The van der Waals surface area contributed by atoms with Crippen LogP contribution in [0.15, 0.2) is 0 Å². The first-order valence-corrected chi connectivity index (χ1v) is 4.44. The highest BCUT2D eigenvalue weighted by Gasteiger charge is 2.40. The Bertz CT molecular complexity index is 213. The molecule has 0 saturated carbocycles. The largest absolute Gasteiger partial charge is 0.371 e. The van der Waals surface area contributed by atoms with E-state index in [2.05, 4.69) is 5.32 Å². The predicted octanol–water partition coefficient (Wildman–Crippen LogP) is 0.683. The highest BCUT2D eigenvalue weighted by molar-refractivity contribution is 7.80. The molecule has 70 valence electrons. The Morgan fingerprint density at radius 2 is 2.00 bits per heavy atom. The molecule has 1 fully saturated rings. The second kappa shape index (κ2) is 2.57. The molecule has 1 rings (SSSR count). The molecule has 2 N–H and O–H groups in total. The summed E-state index contributed by atoms with van der Waals surface area (Å²) in [6, 6.07) is 0. The SMILES string of the molecule is CN1C(=S)NC(C)(C)C[C@@]1(C)O. The van der Waals surface area contributed by atoms with Gasteiger partial charge in [-0.05, 0) is 33.0 Å². The van der Waals surface area contributed by atoms with Crippen molar-refractivity contribution >= 4 is 17.3 Å². The van der Waals surface area contributed by atoms with Crippen LogP contribution >= 0.6 is 12.2 Å². The third kappa shape index (κ3) is 1.69. The maximum absolute atomic E-state index is 9.95. The minimum absolute atomic E-state index is 0.118. The average Bonchev–Trinajstić information content (AvgIpc) is 1.79. The Balaban J connectivity index is 2.87. The Kier molecular flexibility index (Phi) is 2.08. The lowest BCUT2D eigenvalue weighted by Gasteiger charge is -2.48. The molecule has 0 aromatic rings. The first-order valence-electron chi connectivity index (χ1n) is 4.03. The van der Waals surface area contributed by atoms with Crippen molar-refractivity contribution in [2.75, 3.05) is 7.05 Å². The second-order valence-electron chi connectivity index (χ2n) is 4.27. The van der Waals surface area contributed by atoms with Gasteiger partial charge >= 0.3 is 0 Å². The number of hydrogen-bond acceptors (Lipinski definition) is 2. The van der Waals surface area contributed by atoms with E-state index in [1.165, 1.54) is 0 Å². The highest BCUT2D eigenvalue weighted by atomic mass is 32.1. The van der Waals surface area contributed by atoms with Gasteiger partial charge in [-0.1, -0.05) is 0 Å². The van der Waals surface area contributed by atoms with Gasteiger partial charge in [-0.25, -0.2) is 0 Å². The molecule has 0 bridgehead atoms. The van der Waals surface area contributed by atoms with Crippen LogP contribution in [0.25, 0.3) is 0 Å². The van der Waals surface area contributed by atoms with Crippen molar-refractivity contribution in [1.29, 1.82) is 0 Å².